The van der Waals surface area contributed by atoms with E-state index in [4.69, 9.17) is 4.74 Å². The minimum atomic E-state index is 0.125. The number of quaternary nitrogens is 1. The molecule has 4 nitrogen and oxygen atoms in total. The first kappa shape index (κ1) is 16.6. The van der Waals surface area contributed by atoms with Crippen LogP contribution in [0.4, 0.5) is 5.69 Å². The second-order valence-corrected chi connectivity index (χ2v) is 9.00. The van der Waals surface area contributed by atoms with E-state index in [2.05, 4.69) is 24.0 Å². The molecule has 2 saturated heterocycles. The molecule has 3 heterocycles. The number of ether oxygens (including phenoxy) is 1. The number of piperidine rings is 1. The van der Waals surface area contributed by atoms with E-state index in [0.29, 0.717) is 17.5 Å². The Morgan fingerprint density at radius 3 is 2.88 bits per heavy atom. The van der Waals surface area contributed by atoms with Crippen molar-refractivity contribution < 1.29 is 14.4 Å². The van der Waals surface area contributed by atoms with Gasteiger partial charge in [-0.2, -0.15) is 0 Å². The number of hydrogen-bond acceptors (Lipinski definition) is 2. The molecule has 5 rings (SSSR count). The van der Waals surface area contributed by atoms with Crippen LogP contribution in [0, 0.1) is 5.41 Å². The maximum Gasteiger partial charge on any atom is 0.224 e. The molecule has 26 heavy (non-hydrogen) atoms. The smallest absolute Gasteiger partial charge is 0.224 e. The van der Waals surface area contributed by atoms with Gasteiger partial charge in [-0.1, -0.05) is 19.1 Å². The summed E-state index contributed by atoms with van der Waals surface area (Å²) < 4.78 is 5.73. The van der Waals surface area contributed by atoms with E-state index in [1.54, 1.807) is 14.0 Å². The van der Waals surface area contributed by atoms with E-state index < -0.39 is 0 Å². The Bertz CT molecular complexity index is 763. The molecule has 4 aliphatic rings. The Hall–Kier alpha value is -1.55. The van der Waals surface area contributed by atoms with Crippen LogP contribution in [0.5, 0.6) is 5.75 Å². The van der Waals surface area contributed by atoms with Gasteiger partial charge in [-0.05, 0) is 43.7 Å². The maximum atomic E-state index is 12.8. The van der Waals surface area contributed by atoms with Crippen LogP contribution in [0.1, 0.15) is 57.9 Å². The number of nitrogens with one attached hydrogen (secondary N) is 1. The highest BCUT2D eigenvalue weighted by atomic mass is 16.5. The second-order valence-electron chi connectivity index (χ2n) is 9.00. The van der Waals surface area contributed by atoms with Gasteiger partial charge in [-0.25, -0.2) is 0 Å². The molecular weight excluding hydrogens is 324 g/mol. The van der Waals surface area contributed by atoms with Crippen LogP contribution < -0.4 is 14.5 Å². The van der Waals surface area contributed by atoms with E-state index in [9.17, 15) is 4.79 Å². The number of hydrogen-bond donors (Lipinski definition) is 1. The number of benzene rings is 1. The minimum Gasteiger partial charge on any atom is -0.495 e. The molecule has 1 unspecified atom stereocenters. The molecule has 0 bridgehead atoms. The fourth-order valence-corrected chi connectivity index (χ4v) is 7.62. The SMILES string of the molecule is CC[C@@]12CCC[NH+]3CC[C@]4(c5cccc(OC)c5N(C(C)=O)[C@@H]4CC1)[C@H]32. The molecule has 1 N–H and O–H groups in total. The summed E-state index contributed by atoms with van der Waals surface area (Å²) in [5.74, 6) is 1.04. The summed E-state index contributed by atoms with van der Waals surface area (Å²) in [6.07, 6.45) is 7.62. The van der Waals surface area contributed by atoms with Crippen LogP contribution >= 0.6 is 0 Å². The Balaban J connectivity index is 1.77. The van der Waals surface area contributed by atoms with Crippen molar-refractivity contribution in [2.24, 2.45) is 5.41 Å². The predicted molar refractivity (Wildman–Crippen MR) is 102 cm³/mol. The standard InChI is InChI=1S/C22H30N2O2/c1-4-21-10-6-13-23-14-12-22(20(21)23)16-7-5-8-17(26-3)19(16)24(15(2)25)18(22)9-11-21/h5,7-8,18,20H,4,6,9-14H2,1-3H3/p+1/t18-,20-,21-,22-/m1/s1. The summed E-state index contributed by atoms with van der Waals surface area (Å²) in [5, 5.41) is 0. The number of para-hydroxylation sites is 1. The molecule has 0 radical (unpaired) electrons. The summed E-state index contributed by atoms with van der Waals surface area (Å²) in [6, 6.07) is 7.43. The largest absolute Gasteiger partial charge is 0.495 e. The van der Waals surface area contributed by atoms with E-state index >= 15 is 0 Å². The van der Waals surface area contributed by atoms with Gasteiger partial charge in [-0.3, -0.25) is 4.79 Å². The molecule has 1 saturated carbocycles. The van der Waals surface area contributed by atoms with Crippen molar-refractivity contribution in [1.29, 1.82) is 0 Å². The van der Waals surface area contributed by atoms with Gasteiger partial charge in [0, 0.05) is 18.8 Å². The zero-order valence-electron chi connectivity index (χ0n) is 16.3. The molecule has 1 aliphatic carbocycles. The van der Waals surface area contributed by atoms with Crippen LogP contribution in [0.3, 0.4) is 0 Å². The average molecular weight is 356 g/mol. The van der Waals surface area contributed by atoms with Crippen molar-refractivity contribution in [2.45, 2.75) is 69.9 Å². The van der Waals surface area contributed by atoms with Crippen LogP contribution in [-0.2, 0) is 10.2 Å². The van der Waals surface area contributed by atoms with Crippen LogP contribution in [0.15, 0.2) is 18.2 Å². The third-order valence-electron chi connectivity index (χ3n) is 8.39. The maximum absolute atomic E-state index is 12.8. The number of amides is 1. The van der Waals surface area contributed by atoms with Crippen LogP contribution in [0.2, 0.25) is 0 Å². The lowest BCUT2D eigenvalue weighted by Gasteiger charge is -2.55. The first-order valence-corrected chi connectivity index (χ1v) is 10.4. The Kier molecular flexibility index (Phi) is 3.50. The number of carbonyl (C=O) groups excluding carboxylic acids is 1. The van der Waals surface area contributed by atoms with Gasteiger partial charge < -0.3 is 14.5 Å². The minimum absolute atomic E-state index is 0.125. The first-order valence-electron chi connectivity index (χ1n) is 10.4. The zero-order chi connectivity index (χ0) is 18.1. The lowest BCUT2D eigenvalue weighted by atomic mass is 9.52. The molecule has 3 aliphatic heterocycles. The van der Waals surface area contributed by atoms with Gasteiger partial charge >= 0.3 is 0 Å². The Morgan fingerprint density at radius 1 is 1.31 bits per heavy atom. The molecular formula is C22H31N2O2+. The molecule has 1 amide bonds. The second kappa shape index (κ2) is 5.48. The van der Waals surface area contributed by atoms with Gasteiger partial charge in [-0.15, -0.1) is 0 Å². The fourth-order valence-electron chi connectivity index (χ4n) is 7.62. The highest BCUT2D eigenvalue weighted by molar-refractivity contribution is 5.98. The van der Waals surface area contributed by atoms with Crippen molar-refractivity contribution in [3.8, 4) is 5.75 Å². The normalized spacial score (nSPS) is 40.0. The predicted octanol–water partition coefficient (Wildman–Crippen LogP) is 2.31. The molecule has 1 aromatic carbocycles. The van der Waals surface area contributed by atoms with Crippen molar-refractivity contribution in [3.63, 3.8) is 0 Å². The number of carbonyl (C=O) groups is 1. The quantitative estimate of drug-likeness (QED) is 0.883. The molecule has 1 aromatic rings. The van der Waals surface area contributed by atoms with Crippen LogP contribution in [-0.4, -0.2) is 38.2 Å². The van der Waals surface area contributed by atoms with E-state index in [1.807, 2.05) is 11.0 Å². The molecule has 3 fully saturated rings. The molecule has 0 aromatic heterocycles. The first-order chi connectivity index (χ1) is 12.6. The van der Waals surface area contributed by atoms with E-state index in [-0.39, 0.29) is 11.3 Å². The van der Waals surface area contributed by atoms with Crippen molar-refractivity contribution in [3.05, 3.63) is 23.8 Å². The van der Waals surface area contributed by atoms with Gasteiger partial charge in [0.2, 0.25) is 5.91 Å². The Morgan fingerprint density at radius 2 is 2.15 bits per heavy atom. The number of methoxy groups -OCH3 is 1. The summed E-state index contributed by atoms with van der Waals surface area (Å²) in [4.78, 5) is 16.7. The third-order valence-corrected chi connectivity index (χ3v) is 8.39. The van der Waals surface area contributed by atoms with Gasteiger partial charge in [0.15, 0.2) is 0 Å². The molecule has 140 valence electrons. The highest BCUT2D eigenvalue weighted by Crippen LogP contribution is 2.62. The van der Waals surface area contributed by atoms with Gasteiger partial charge in [0.05, 0.1) is 37.3 Å². The summed E-state index contributed by atoms with van der Waals surface area (Å²) in [5.41, 5.74) is 3.05. The third kappa shape index (κ3) is 1.77. The lowest BCUT2D eigenvalue weighted by Crippen LogP contribution is -3.17. The monoisotopic (exact) mass is 355 g/mol. The van der Waals surface area contributed by atoms with Crippen molar-refractivity contribution in [2.75, 3.05) is 25.1 Å². The number of rotatable bonds is 2. The van der Waals surface area contributed by atoms with Crippen molar-refractivity contribution >= 4 is 11.6 Å². The molecule has 4 heteroatoms. The molecule has 1 spiro atoms. The van der Waals surface area contributed by atoms with Gasteiger partial charge in [0.25, 0.3) is 0 Å². The summed E-state index contributed by atoms with van der Waals surface area (Å²) in [7, 11) is 1.73. The van der Waals surface area contributed by atoms with E-state index in [0.717, 1.165) is 17.9 Å². The number of anilines is 1. The van der Waals surface area contributed by atoms with Gasteiger partial charge in [0.1, 0.15) is 11.8 Å². The highest BCUT2D eigenvalue weighted by Gasteiger charge is 2.71. The average Bonchev–Trinajstić information content (AvgIpc) is 3.19. The van der Waals surface area contributed by atoms with Crippen molar-refractivity contribution in [1.82, 2.24) is 0 Å². The summed E-state index contributed by atoms with van der Waals surface area (Å²) in [6.45, 7) is 6.70. The van der Waals surface area contributed by atoms with E-state index in [1.165, 1.54) is 50.8 Å². The molecule has 5 atom stereocenters. The van der Waals surface area contributed by atoms with Crippen LogP contribution in [0.25, 0.3) is 0 Å². The number of fused-ring (bicyclic) bond motifs is 1. The zero-order valence-corrected chi connectivity index (χ0v) is 16.3. The fraction of sp³-hybridized carbons (Fsp3) is 0.682. The summed E-state index contributed by atoms with van der Waals surface area (Å²) >= 11 is 0. The Labute approximate surface area is 156 Å². The lowest BCUT2D eigenvalue weighted by molar-refractivity contribution is -0.930. The topological polar surface area (TPSA) is 34.0 Å². The number of nitrogens with zero attached hydrogens (tertiary/aromatic N) is 1.